The topological polar surface area (TPSA) is 74.7 Å². The zero-order chi connectivity index (χ0) is 13.9. The summed E-state index contributed by atoms with van der Waals surface area (Å²) in [7, 11) is 0. The highest BCUT2D eigenvalue weighted by molar-refractivity contribution is 5.98. The number of carbonyl (C=O) groups excluding carboxylic acids is 2. The van der Waals surface area contributed by atoms with E-state index in [0.717, 1.165) is 0 Å². The number of hydrogen-bond acceptors (Lipinski definition) is 3. The fourth-order valence-corrected chi connectivity index (χ4v) is 2.19. The molecular weight excluding hydrogens is 234 g/mol. The van der Waals surface area contributed by atoms with E-state index in [1.54, 1.807) is 0 Å². The number of likely N-dealkylation sites (tertiary alicyclic amines) is 1. The van der Waals surface area contributed by atoms with Crippen LogP contribution in [-0.2, 0) is 14.4 Å². The van der Waals surface area contributed by atoms with Crippen LogP contribution in [0.1, 0.15) is 46.5 Å². The Morgan fingerprint density at radius 1 is 1.33 bits per heavy atom. The molecule has 1 atom stereocenters. The van der Waals surface area contributed by atoms with E-state index < -0.39 is 5.97 Å². The molecule has 1 aliphatic rings. The maximum Gasteiger partial charge on any atom is 0.303 e. The molecule has 0 saturated carbocycles. The fourth-order valence-electron chi connectivity index (χ4n) is 2.19. The molecule has 1 aliphatic heterocycles. The first-order valence-corrected chi connectivity index (χ1v) is 6.26. The van der Waals surface area contributed by atoms with Gasteiger partial charge in [0.15, 0.2) is 0 Å². The van der Waals surface area contributed by atoms with Crippen molar-refractivity contribution in [3.05, 3.63) is 0 Å². The zero-order valence-corrected chi connectivity index (χ0v) is 11.2. The first-order chi connectivity index (χ1) is 8.21. The summed E-state index contributed by atoms with van der Waals surface area (Å²) in [5.41, 5.74) is -0.255. The first-order valence-electron chi connectivity index (χ1n) is 6.26. The van der Waals surface area contributed by atoms with Crippen LogP contribution in [0.2, 0.25) is 0 Å². The minimum absolute atomic E-state index is 0.0233. The summed E-state index contributed by atoms with van der Waals surface area (Å²) >= 11 is 0. The lowest BCUT2D eigenvalue weighted by atomic mass is 9.81. The van der Waals surface area contributed by atoms with E-state index >= 15 is 0 Å². The van der Waals surface area contributed by atoms with Crippen molar-refractivity contribution in [3.8, 4) is 0 Å². The van der Waals surface area contributed by atoms with Crippen LogP contribution in [0.5, 0.6) is 0 Å². The highest BCUT2D eigenvalue weighted by Gasteiger charge is 2.37. The molecule has 1 N–H and O–H groups in total. The van der Waals surface area contributed by atoms with E-state index in [2.05, 4.69) is 0 Å². The van der Waals surface area contributed by atoms with Crippen LogP contribution in [0, 0.1) is 11.3 Å². The summed E-state index contributed by atoms with van der Waals surface area (Å²) in [4.78, 5) is 35.5. The van der Waals surface area contributed by atoms with Gasteiger partial charge < -0.3 is 5.11 Å². The normalized spacial score (nSPS) is 20.9. The van der Waals surface area contributed by atoms with Gasteiger partial charge in [-0.2, -0.15) is 0 Å². The third-order valence-electron chi connectivity index (χ3n) is 3.21. The lowest BCUT2D eigenvalue weighted by Gasteiger charge is -2.35. The van der Waals surface area contributed by atoms with Gasteiger partial charge in [-0.25, -0.2) is 0 Å². The van der Waals surface area contributed by atoms with Gasteiger partial charge in [0.1, 0.15) is 0 Å². The Balaban J connectivity index is 2.54. The number of nitrogens with zero attached hydrogens (tertiary/aromatic N) is 1. The van der Waals surface area contributed by atoms with Gasteiger partial charge in [0.05, 0.1) is 0 Å². The maximum absolute atomic E-state index is 11.9. The molecule has 102 valence electrons. The van der Waals surface area contributed by atoms with E-state index in [-0.39, 0.29) is 29.6 Å². The van der Waals surface area contributed by atoms with Gasteiger partial charge in [0.2, 0.25) is 11.8 Å². The number of carboxylic acid groups (broad SMARTS) is 1. The van der Waals surface area contributed by atoms with E-state index in [4.69, 9.17) is 5.11 Å². The maximum atomic E-state index is 11.9. The minimum atomic E-state index is -0.848. The summed E-state index contributed by atoms with van der Waals surface area (Å²) in [5.74, 6) is -1.11. The standard InChI is InChI=1S/C13H21NO4/c1-9(4-5-12(17)18)8-14-10(15)6-13(2,3)7-11(14)16/h9H,4-8H2,1-3H3,(H,17,18). The lowest BCUT2D eigenvalue weighted by Crippen LogP contribution is -2.47. The van der Waals surface area contributed by atoms with Crippen molar-refractivity contribution >= 4 is 17.8 Å². The molecule has 1 unspecified atom stereocenters. The molecule has 0 spiro atoms. The number of aliphatic carboxylic acids is 1. The molecule has 5 nitrogen and oxygen atoms in total. The van der Waals surface area contributed by atoms with Gasteiger partial charge in [0.25, 0.3) is 0 Å². The molecule has 2 amide bonds. The smallest absolute Gasteiger partial charge is 0.303 e. The Hall–Kier alpha value is -1.39. The van der Waals surface area contributed by atoms with E-state index in [1.165, 1.54) is 4.90 Å². The summed E-state index contributed by atoms with van der Waals surface area (Å²) in [6.45, 7) is 6.02. The van der Waals surface area contributed by atoms with Gasteiger partial charge in [-0.05, 0) is 17.8 Å². The molecule has 0 aliphatic carbocycles. The van der Waals surface area contributed by atoms with Crippen molar-refractivity contribution in [1.29, 1.82) is 0 Å². The Labute approximate surface area is 107 Å². The van der Waals surface area contributed by atoms with Crippen molar-refractivity contribution in [1.82, 2.24) is 4.90 Å². The van der Waals surface area contributed by atoms with Crippen LogP contribution in [0.4, 0.5) is 0 Å². The number of carboxylic acids is 1. The Bertz CT molecular complexity index is 342. The van der Waals surface area contributed by atoms with Crippen molar-refractivity contribution < 1.29 is 19.5 Å². The average molecular weight is 255 g/mol. The van der Waals surface area contributed by atoms with Crippen LogP contribution in [0.15, 0.2) is 0 Å². The largest absolute Gasteiger partial charge is 0.481 e. The van der Waals surface area contributed by atoms with E-state index in [1.807, 2.05) is 20.8 Å². The number of rotatable bonds is 5. The molecular formula is C13H21NO4. The van der Waals surface area contributed by atoms with Gasteiger partial charge in [-0.3, -0.25) is 19.3 Å². The summed E-state index contributed by atoms with van der Waals surface area (Å²) in [6, 6.07) is 0. The summed E-state index contributed by atoms with van der Waals surface area (Å²) in [6.07, 6.45) is 1.31. The van der Waals surface area contributed by atoms with Gasteiger partial charge in [-0.15, -0.1) is 0 Å². The van der Waals surface area contributed by atoms with Gasteiger partial charge in [-0.1, -0.05) is 20.8 Å². The lowest BCUT2D eigenvalue weighted by molar-refractivity contribution is -0.153. The van der Waals surface area contributed by atoms with E-state index in [9.17, 15) is 14.4 Å². The Morgan fingerprint density at radius 2 is 1.83 bits per heavy atom. The molecule has 0 aromatic carbocycles. The number of carbonyl (C=O) groups is 3. The third kappa shape index (κ3) is 4.13. The van der Waals surface area contributed by atoms with Crippen molar-refractivity contribution in [3.63, 3.8) is 0 Å². The van der Waals surface area contributed by atoms with E-state index in [0.29, 0.717) is 25.8 Å². The molecule has 0 aromatic rings. The molecule has 0 bridgehead atoms. The van der Waals surface area contributed by atoms with Crippen LogP contribution in [-0.4, -0.2) is 34.3 Å². The number of amides is 2. The quantitative estimate of drug-likeness (QED) is 0.758. The fraction of sp³-hybridized carbons (Fsp3) is 0.769. The highest BCUT2D eigenvalue weighted by Crippen LogP contribution is 2.31. The SMILES string of the molecule is CC(CCC(=O)O)CN1C(=O)CC(C)(C)CC1=O. The first kappa shape index (κ1) is 14.7. The van der Waals surface area contributed by atoms with Crippen LogP contribution >= 0.6 is 0 Å². The van der Waals surface area contributed by atoms with Gasteiger partial charge >= 0.3 is 5.97 Å². The predicted octanol–water partition coefficient (Wildman–Crippen LogP) is 1.66. The van der Waals surface area contributed by atoms with Crippen LogP contribution < -0.4 is 0 Å². The summed E-state index contributed by atoms with van der Waals surface area (Å²) in [5, 5.41) is 8.59. The molecule has 0 aromatic heterocycles. The summed E-state index contributed by atoms with van der Waals surface area (Å²) < 4.78 is 0. The van der Waals surface area contributed by atoms with Crippen molar-refractivity contribution in [2.75, 3.05) is 6.54 Å². The van der Waals surface area contributed by atoms with Crippen molar-refractivity contribution in [2.45, 2.75) is 46.5 Å². The minimum Gasteiger partial charge on any atom is -0.481 e. The third-order valence-corrected chi connectivity index (χ3v) is 3.21. The van der Waals surface area contributed by atoms with Gasteiger partial charge in [0, 0.05) is 25.8 Å². The molecule has 1 heterocycles. The monoisotopic (exact) mass is 255 g/mol. The molecule has 0 radical (unpaired) electrons. The molecule has 1 saturated heterocycles. The molecule has 5 heteroatoms. The second kappa shape index (κ2) is 5.50. The Morgan fingerprint density at radius 3 is 2.28 bits per heavy atom. The van der Waals surface area contributed by atoms with Crippen LogP contribution in [0.25, 0.3) is 0 Å². The second-order valence-electron chi connectivity index (χ2n) is 5.95. The molecule has 18 heavy (non-hydrogen) atoms. The Kier molecular flexibility index (Phi) is 4.48. The number of hydrogen-bond donors (Lipinski definition) is 1. The molecule has 1 rings (SSSR count). The number of imide groups is 1. The van der Waals surface area contributed by atoms with Crippen molar-refractivity contribution in [2.24, 2.45) is 11.3 Å². The highest BCUT2D eigenvalue weighted by atomic mass is 16.4. The zero-order valence-electron chi connectivity index (χ0n) is 11.2. The van der Waals surface area contributed by atoms with Crippen LogP contribution in [0.3, 0.4) is 0 Å². The molecule has 1 fully saturated rings. The average Bonchev–Trinajstić information content (AvgIpc) is 2.19. The predicted molar refractivity (Wildman–Crippen MR) is 65.8 cm³/mol. The number of piperidine rings is 1. The second-order valence-corrected chi connectivity index (χ2v) is 5.95.